The predicted octanol–water partition coefficient (Wildman–Crippen LogP) is 3.86. The second kappa shape index (κ2) is 8.68. The van der Waals surface area contributed by atoms with Crippen LogP contribution in [0.25, 0.3) is 0 Å². The Morgan fingerprint density at radius 3 is 2.19 bits per heavy atom. The lowest BCUT2D eigenvalue weighted by molar-refractivity contribution is -0.147. The summed E-state index contributed by atoms with van der Waals surface area (Å²) in [4.78, 5) is 51.4. The van der Waals surface area contributed by atoms with E-state index < -0.39 is 30.7 Å². The molecule has 174 valence electrons. The van der Waals surface area contributed by atoms with E-state index in [1.807, 2.05) is 32.9 Å². The summed E-state index contributed by atoms with van der Waals surface area (Å²) in [5.41, 5.74) is 2.46. The molecule has 7 nitrogen and oxygen atoms in total. The number of hydrogen-bond acceptors (Lipinski definition) is 5. The molecule has 1 saturated carbocycles. The van der Waals surface area contributed by atoms with E-state index >= 15 is 0 Å². The van der Waals surface area contributed by atoms with E-state index in [1.165, 1.54) is 0 Å². The molecule has 32 heavy (non-hydrogen) atoms. The molecule has 2 aliphatic rings. The average Bonchev–Trinajstić information content (AvgIpc) is 2.89. The van der Waals surface area contributed by atoms with Gasteiger partial charge in [-0.25, -0.2) is 4.79 Å². The Morgan fingerprint density at radius 1 is 1.09 bits per heavy atom. The fraction of sp³-hybridized carbons (Fsp3) is 0.600. The molecule has 2 fully saturated rings. The number of rotatable bonds is 5. The first kappa shape index (κ1) is 24.0. The Hall–Kier alpha value is -2.70. The van der Waals surface area contributed by atoms with E-state index in [-0.39, 0.29) is 17.1 Å². The summed E-state index contributed by atoms with van der Waals surface area (Å²) in [7, 11) is 0. The number of imide groups is 1. The third-order valence-corrected chi connectivity index (χ3v) is 6.92. The molecule has 1 aromatic carbocycles. The highest BCUT2D eigenvalue weighted by molar-refractivity contribution is 6.09. The number of nitrogens with one attached hydrogen (secondary N) is 1. The van der Waals surface area contributed by atoms with E-state index in [9.17, 15) is 19.2 Å². The van der Waals surface area contributed by atoms with Crippen molar-refractivity contribution in [2.45, 2.75) is 72.8 Å². The van der Waals surface area contributed by atoms with Gasteiger partial charge in [-0.2, -0.15) is 0 Å². The van der Waals surface area contributed by atoms with E-state index in [2.05, 4.69) is 26.1 Å². The van der Waals surface area contributed by atoms with Gasteiger partial charge >= 0.3 is 12.0 Å². The van der Waals surface area contributed by atoms with Crippen molar-refractivity contribution in [3.8, 4) is 0 Å². The van der Waals surface area contributed by atoms with Crippen molar-refractivity contribution in [2.24, 2.45) is 11.3 Å². The van der Waals surface area contributed by atoms with Crippen LogP contribution < -0.4 is 5.32 Å². The monoisotopic (exact) mass is 442 g/mol. The van der Waals surface area contributed by atoms with Gasteiger partial charge < -0.3 is 10.1 Å². The zero-order valence-corrected chi connectivity index (χ0v) is 20.0. The van der Waals surface area contributed by atoms with Crippen LogP contribution in [0.2, 0.25) is 0 Å². The normalized spacial score (nSPS) is 23.4. The summed E-state index contributed by atoms with van der Waals surface area (Å²) >= 11 is 0. The molecule has 0 aromatic heterocycles. The maximum Gasteiger partial charge on any atom is 0.326 e. The summed E-state index contributed by atoms with van der Waals surface area (Å²) in [5.74, 6) is -0.966. The van der Waals surface area contributed by atoms with Crippen molar-refractivity contribution in [3.05, 3.63) is 34.4 Å². The van der Waals surface area contributed by atoms with Crippen LogP contribution in [0, 0.1) is 32.1 Å². The second-order valence-electron chi connectivity index (χ2n) is 10.4. The predicted molar refractivity (Wildman–Crippen MR) is 120 cm³/mol. The number of aryl methyl sites for hydroxylation is 3. The van der Waals surface area contributed by atoms with Crippen molar-refractivity contribution >= 4 is 23.7 Å². The third kappa shape index (κ3) is 4.71. The molecule has 0 unspecified atom stereocenters. The van der Waals surface area contributed by atoms with Crippen molar-refractivity contribution in [2.75, 3.05) is 13.2 Å². The smallest absolute Gasteiger partial charge is 0.326 e. The number of urea groups is 1. The van der Waals surface area contributed by atoms with Gasteiger partial charge in [0.1, 0.15) is 12.1 Å². The molecule has 0 bridgehead atoms. The third-order valence-electron chi connectivity index (χ3n) is 6.92. The molecule has 0 radical (unpaired) electrons. The zero-order valence-electron chi connectivity index (χ0n) is 20.0. The van der Waals surface area contributed by atoms with Gasteiger partial charge in [0.15, 0.2) is 6.61 Å². The number of esters is 1. The number of nitrogens with zero attached hydrogens (tertiary/aromatic N) is 1. The molecule has 1 N–H and O–H groups in total. The summed E-state index contributed by atoms with van der Waals surface area (Å²) in [6, 6.07) is 3.24. The molecule has 1 heterocycles. The molecule has 3 rings (SSSR count). The van der Waals surface area contributed by atoms with Gasteiger partial charge in [0, 0.05) is 5.56 Å². The van der Waals surface area contributed by atoms with Gasteiger partial charge in [0.25, 0.3) is 5.91 Å². The first-order valence-corrected chi connectivity index (χ1v) is 11.2. The Labute approximate surface area is 189 Å². The minimum atomic E-state index is -0.926. The number of Topliss-reactive ketones (excluding diaryl/α,β-unsaturated/α-hetero) is 1. The summed E-state index contributed by atoms with van der Waals surface area (Å²) in [6.07, 6.45) is 2.82. The highest BCUT2D eigenvalue weighted by Crippen LogP contribution is 2.43. The highest BCUT2D eigenvalue weighted by Gasteiger charge is 2.53. The lowest BCUT2D eigenvalue weighted by Crippen LogP contribution is -2.50. The minimum Gasteiger partial charge on any atom is -0.456 e. The Kier molecular flexibility index (Phi) is 6.50. The van der Waals surface area contributed by atoms with Crippen molar-refractivity contribution in [1.29, 1.82) is 0 Å². The lowest BCUT2D eigenvalue weighted by atomic mass is 9.67. The van der Waals surface area contributed by atoms with Crippen LogP contribution in [0.5, 0.6) is 0 Å². The number of ketones is 1. The van der Waals surface area contributed by atoms with Gasteiger partial charge in [0.2, 0.25) is 5.78 Å². The number of ether oxygens (including phenoxy) is 1. The van der Waals surface area contributed by atoms with Crippen molar-refractivity contribution in [3.63, 3.8) is 0 Å². The molecular weight excluding hydrogens is 408 g/mol. The van der Waals surface area contributed by atoms with Crippen LogP contribution in [0.4, 0.5) is 4.79 Å². The highest BCUT2D eigenvalue weighted by atomic mass is 16.5. The van der Waals surface area contributed by atoms with E-state index in [4.69, 9.17) is 4.74 Å². The largest absolute Gasteiger partial charge is 0.456 e. The summed E-state index contributed by atoms with van der Waals surface area (Å²) in [5, 5.41) is 2.82. The number of carbonyl (C=O) groups is 4. The molecule has 3 amide bonds. The fourth-order valence-electron chi connectivity index (χ4n) is 5.15. The molecule has 7 heteroatoms. The quantitative estimate of drug-likeness (QED) is 0.425. The van der Waals surface area contributed by atoms with E-state index in [0.29, 0.717) is 24.3 Å². The van der Waals surface area contributed by atoms with Crippen LogP contribution in [0.1, 0.15) is 73.5 Å². The molecule has 1 spiro atoms. The standard InChI is InChI=1S/C25H34N2O5/c1-15-11-16(2)21(17(3)12-15)19(28)14-32-20(29)13-27-22(30)25(26-23(27)31)9-7-18(8-10-25)24(4,5)6/h11-12,18H,7-10,13-14H2,1-6H3,(H,26,31). The molecular formula is C25H34N2O5. The molecule has 1 aromatic rings. The average molecular weight is 443 g/mol. The molecule has 1 aliphatic heterocycles. The van der Waals surface area contributed by atoms with Crippen LogP contribution in [0.3, 0.4) is 0 Å². The van der Waals surface area contributed by atoms with Crippen LogP contribution >= 0.6 is 0 Å². The maximum absolute atomic E-state index is 13.0. The number of benzene rings is 1. The van der Waals surface area contributed by atoms with Crippen LogP contribution in [-0.2, 0) is 14.3 Å². The Balaban J connectivity index is 1.58. The van der Waals surface area contributed by atoms with Crippen LogP contribution in [-0.4, -0.2) is 47.3 Å². The fourth-order valence-corrected chi connectivity index (χ4v) is 5.15. The van der Waals surface area contributed by atoms with Gasteiger partial charge in [-0.15, -0.1) is 0 Å². The van der Waals surface area contributed by atoms with Crippen molar-refractivity contribution < 1.29 is 23.9 Å². The molecule has 1 aliphatic carbocycles. The van der Waals surface area contributed by atoms with Gasteiger partial charge in [-0.1, -0.05) is 38.5 Å². The number of amides is 3. The molecule has 1 saturated heterocycles. The SMILES string of the molecule is Cc1cc(C)c(C(=O)COC(=O)CN2C(=O)NC3(CCC(C(C)(C)C)CC3)C2=O)c(C)c1. The first-order chi connectivity index (χ1) is 14.8. The second-order valence-corrected chi connectivity index (χ2v) is 10.4. The minimum absolute atomic E-state index is 0.150. The number of carbonyl (C=O) groups excluding carboxylic acids is 4. The Morgan fingerprint density at radius 2 is 1.66 bits per heavy atom. The first-order valence-electron chi connectivity index (χ1n) is 11.2. The van der Waals surface area contributed by atoms with Gasteiger partial charge in [-0.05, 0) is 68.9 Å². The van der Waals surface area contributed by atoms with Crippen LogP contribution in [0.15, 0.2) is 12.1 Å². The summed E-state index contributed by atoms with van der Waals surface area (Å²) in [6.45, 7) is 11.3. The van der Waals surface area contributed by atoms with E-state index in [0.717, 1.165) is 34.4 Å². The topological polar surface area (TPSA) is 92.8 Å². The van der Waals surface area contributed by atoms with E-state index in [1.54, 1.807) is 0 Å². The van der Waals surface area contributed by atoms with Gasteiger partial charge in [-0.3, -0.25) is 19.3 Å². The number of hydrogen-bond donors (Lipinski definition) is 1. The zero-order chi connectivity index (χ0) is 23.8. The van der Waals surface area contributed by atoms with Crippen molar-refractivity contribution in [1.82, 2.24) is 10.2 Å². The summed E-state index contributed by atoms with van der Waals surface area (Å²) < 4.78 is 5.13. The molecule has 0 atom stereocenters. The lowest BCUT2D eigenvalue weighted by Gasteiger charge is -2.40. The van der Waals surface area contributed by atoms with Gasteiger partial charge in [0.05, 0.1) is 0 Å². The maximum atomic E-state index is 13.0. The Bertz CT molecular complexity index is 929.